The van der Waals surface area contributed by atoms with E-state index >= 15 is 0 Å². The molecule has 0 aliphatic carbocycles. The van der Waals surface area contributed by atoms with Crippen LogP contribution in [0.3, 0.4) is 0 Å². The number of thiazole rings is 1. The van der Waals surface area contributed by atoms with Gasteiger partial charge in [-0.1, -0.05) is 12.1 Å². The first-order valence-corrected chi connectivity index (χ1v) is 9.35. The third-order valence-corrected chi connectivity index (χ3v) is 5.13. The van der Waals surface area contributed by atoms with Crippen molar-refractivity contribution >= 4 is 34.3 Å². The quantitative estimate of drug-likeness (QED) is 0.681. The van der Waals surface area contributed by atoms with Gasteiger partial charge in [-0.3, -0.25) is 9.59 Å². The Balaban J connectivity index is 1.85. The number of anilines is 1. The van der Waals surface area contributed by atoms with E-state index in [9.17, 15) is 14.4 Å². The van der Waals surface area contributed by atoms with E-state index in [-0.39, 0.29) is 0 Å². The van der Waals surface area contributed by atoms with Gasteiger partial charge < -0.3 is 20.1 Å². The summed E-state index contributed by atoms with van der Waals surface area (Å²) in [7, 11) is 2.95. The number of ether oxygens (including phenoxy) is 2. The smallest absolute Gasteiger partial charge is 0.325 e. The number of carbonyl (C=O) groups excluding carboxylic acids is 3. The van der Waals surface area contributed by atoms with Gasteiger partial charge in [0.2, 0.25) is 0 Å². The molecule has 0 unspecified atom stereocenters. The van der Waals surface area contributed by atoms with E-state index in [0.29, 0.717) is 16.4 Å². The molecule has 2 heterocycles. The molecule has 3 rings (SSSR count). The van der Waals surface area contributed by atoms with Gasteiger partial charge in [0, 0.05) is 18.7 Å². The molecule has 1 aliphatic heterocycles. The first-order chi connectivity index (χ1) is 13.5. The second-order valence-corrected chi connectivity index (χ2v) is 6.97. The summed E-state index contributed by atoms with van der Waals surface area (Å²) < 4.78 is 10.4. The number of rotatable bonds is 7. The van der Waals surface area contributed by atoms with Crippen LogP contribution in [0.15, 0.2) is 35.8 Å². The highest BCUT2D eigenvalue weighted by Gasteiger charge is 2.47. The normalized spacial score (nSPS) is 18.5. The first-order valence-electron chi connectivity index (χ1n) is 8.47. The van der Waals surface area contributed by atoms with Crippen LogP contribution in [0.1, 0.15) is 18.5 Å². The SMILES string of the molecule is COc1ccc([C@H]2NC(=O)N([C@H](C(=O)Nc3nccs3)[C@@H](C)OC)C2=O)cc1. The van der Waals surface area contributed by atoms with Gasteiger partial charge in [0.05, 0.1) is 13.2 Å². The maximum Gasteiger partial charge on any atom is 0.325 e. The number of amides is 4. The van der Waals surface area contributed by atoms with Crippen molar-refractivity contribution in [2.45, 2.75) is 25.1 Å². The van der Waals surface area contributed by atoms with E-state index in [1.165, 1.54) is 25.6 Å². The minimum atomic E-state index is -1.15. The van der Waals surface area contributed by atoms with Crippen LogP contribution >= 0.6 is 11.3 Å². The molecule has 0 saturated carbocycles. The summed E-state index contributed by atoms with van der Waals surface area (Å²) in [5.74, 6) is -0.451. The molecule has 1 aromatic carbocycles. The summed E-state index contributed by atoms with van der Waals surface area (Å²) >= 11 is 1.23. The Morgan fingerprint density at radius 2 is 2.00 bits per heavy atom. The Bertz CT molecular complexity index is 855. The number of benzene rings is 1. The lowest BCUT2D eigenvalue weighted by Crippen LogP contribution is -2.53. The standard InChI is InChI=1S/C18H20N4O5S/c1-10(26-2)14(15(23)21-17-19-8-9-28-17)22-16(24)13(20-18(22)25)11-4-6-12(27-3)7-5-11/h4-10,13-14H,1-3H3,(H,20,25)(H,19,21,23)/t10-,13-,14+/m1/s1. The largest absolute Gasteiger partial charge is 0.497 e. The van der Waals surface area contributed by atoms with E-state index in [2.05, 4.69) is 15.6 Å². The van der Waals surface area contributed by atoms with E-state index in [1.807, 2.05) is 0 Å². The summed E-state index contributed by atoms with van der Waals surface area (Å²) in [5, 5.41) is 7.33. The highest BCUT2D eigenvalue weighted by Crippen LogP contribution is 2.27. The van der Waals surface area contributed by atoms with Crippen molar-refractivity contribution in [2.24, 2.45) is 0 Å². The Labute approximate surface area is 165 Å². The van der Waals surface area contributed by atoms with Crippen molar-refractivity contribution in [3.05, 3.63) is 41.4 Å². The lowest BCUT2D eigenvalue weighted by Gasteiger charge is -2.28. The molecular formula is C18H20N4O5S. The molecule has 10 heteroatoms. The molecule has 1 saturated heterocycles. The molecule has 28 heavy (non-hydrogen) atoms. The predicted molar refractivity (Wildman–Crippen MR) is 102 cm³/mol. The molecule has 1 fully saturated rings. The number of hydrogen-bond acceptors (Lipinski definition) is 7. The average Bonchev–Trinajstić information content (AvgIpc) is 3.31. The molecule has 9 nitrogen and oxygen atoms in total. The zero-order chi connectivity index (χ0) is 20.3. The Morgan fingerprint density at radius 1 is 1.29 bits per heavy atom. The maximum atomic E-state index is 13.0. The molecule has 0 bridgehead atoms. The van der Waals surface area contributed by atoms with Crippen LogP contribution in [0.25, 0.3) is 0 Å². The van der Waals surface area contributed by atoms with Crippen molar-refractivity contribution in [2.75, 3.05) is 19.5 Å². The average molecular weight is 404 g/mol. The molecule has 148 valence electrons. The van der Waals surface area contributed by atoms with E-state index in [4.69, 9.17) is 9.47 Å². The van der Waals surface area contributed by atoms with E-state index < -0.39 is 36.0 Å². The van der Waals surface area contributed by atoms with Crippen LogP contribution in [-0.2, 0) is 14.3 Å². The molecule has 1 aliphatic rings. The highest BCUT2D eigenvalue weighted by atomic mass is 32.1. The van der Waals surface area contributed by atoms with E-state index in [1.54, 1.807) is 42.8 Å². The van der Waals surface area contributed by atoms with Gasteiger partial charge in [-0.2, -0.15) is 0 Å². The van der Waals surface area contributed by atoms with E-state index in [0.717, 1.165) is 4.90 Å². The molecular weight excluding hydrogens is 384 g/mol. The molecule has 0 spiro atoms. The maximum absolute atomic E-state index is 13.0. The summed E-state index contributed by atoms with van der Waals surface area (Å²) in [6, 6.07) is 4.07. The fourth-order valence-electron chi connectivity index (χ4n) is 2.91. The fourth-order valence-corrected chi connectivity index (χ4v) is 3.45. The molecule has 4 amide bonds. The summed E-state index contributed by atoms with van der Waals surface area (Å²) in [5.41, 5.74) is 0.589. The summed E-state index contributed by atoms with van der Waals surface area (Å²) in [6.45, 7) is 1.62. The van der Waals surface area contributed by atoms with Crippen LogP contribution in [0.5, 0.6) is 5.75 Å². The zero-order valence-corrected chi connectivity index (χ0v) is 16.4. The lowest BCUT2D eigenvalue weighted by molar-refractivity contribution is -0.137. The number of urea groups is 1. The third kappa shape index (κ3) is 3.82. The number of hydrogen-bond donors (Lipinski definition) is 2. The van der Waals surface area contributed by atoms with Gasteiger partial charge in [-0.05, 0) is 24.6 Å². The Hall–Kier alpha value is -2.98. The minimum Gasteiger partial charge on any atom is -0.497 e. The predicted octanol–water partition coefficient (Wildman–Crippen LogP) is 1.79. The third-order valence-electron chi connectivity index (χ3n) is 4.45. The number of carbonyl (C=O) groups is 3. The van der Waals surface area contributed by atoms with Crippen LogP contribution < -0.4 is 15.4 Å². The Kier molecular flexibility index (Phi) is 5.90. The fraction of sp³-hybridized carbons (Fsp3) is 0.333. The van der Waals surface area contributed by atoms with Crippen molar-refractivity contribution in [1.82, 2.24) is 15.2 Å². The number of aromatic nitrogens is 1. The number of imide groups is 1. The number of nitrogens with zero attached hydrogens (tertiary/aromatic N) is 2. The van der Waals surface area contributed by atoms with Crippen LogP contribution in [-0.4, -0.2) is 54.1 Å². The Morgan fingerprint density at radius 3 is 2.57 bits per heavy atom. The van der Waals surface area contributed by atoms with Gasteiger partial charge >= 0.3 is 6.03 Å². The minimum absolute atomic E-state index is 0.372. The van der Waals surface area contributed by atoms with Gasteiger partial charge in [-0.15, -0.1) is 11.3 Å². The van der Waals surface area contributed by atoms with Gasteiger partial charge in [0.15, 0.2) is 5.13 Å². The second kappa shape index (κ2) is 8.36. The van der Waals surface area contributed by atoms with Crippen molar-refractivity contribution in [3.63, 3.8) is 0 Å². The molecule has 2 N–H and O–H groups in total. The second-order valence-electron chi connectivity index (χ2n) is 6.08. The monoisotopic (exact) mass is 404 g/mol. The van der Waals surface area contributed by atoms with Crippen molar-refractivity contribution < 1.29 is 23.9 Å². The van der Waals surface area contributed by atoms with Crippen LogP contribution in [0.4, 0.5) is 9.93 Å². The van der Waals surface area contributed by atoms with Crippen molar-refractivity contribution in [3.8, 4) is 5.75 Å². The summed E-state index contributed by atoms with van der Waals surface area (Å²) in [4.78, 5) is 43.3. The topological polar surface area (TPSA) is 110 Å². The van der Waals surface area contributed by atoms with Crippen LogP contribution in [0, 0.1) is 0 Å². The van der Waals surface area contributed by atoms with Gasteiger partial charge in [0.1, 0.15) is 17.8 Å². The van der Waals surface area contributed by atoms with Gasteiger partial charge in [0.25, 0.3) is 11.8 Å². The lowest BCUT2D eigenvalue weighted by atomic mass is 10.1. The first kappa shape index (κ1) is 19.8. The molecule has 0 radical (unpaired) electrons. The van der Waals surface area contributed by atoms with Crippen molar-refractivity contribution in [1.29, 1.82) is 0 Å². The zero-order valence-electron chi connectivity index (χ0n) is 15.5. The van der Waals surface area contributed by atoms with Crippen LogP contribution in [0.2, 0.25) is 0 Å². The summed E-state index contributed by atoms with van der Waals surface area (Å²) in [6.07, 6.45) is 0.826. The van der Waals surface area contributed by atoms with Gasteiger partial charge in [-0.25, -0.2) is 14.7 Å². The molecule has 3 atom stereocenters. The molecule has 2 aromatic rings. The number of methoxy groups -OCH3 is 2. The number of nitrogens with one attached hydrogen (secondary N) is 2. The highest BCUT2D eigenvalue weighted by molar-refractivity contribution is 7.13. The molecule has 1 aromatic heterocycles.